The number of hydrogen-bond acceptors (Lipinski definition) is 3. The summed E-state index contributed by atoms with van der Waals surface area (Å²) >= 11 is 1.69. The number of nitrogens with one attached hydrogen (secondary N) is 1. The van der Waals surface area contributed by atoms with Crippen LogP contribution < -0.4 is 5.32 Å². The Morgan fingerprint density at radius 2 is 2.19 bits per heavy atom. The number of hydrogen-bond donors (Lipinski definition) is 2. The number of anilines is 1. The van der Waals surface area contributed by atoms with Gasteiger partial charge in [0, 0.05) is 30.6 Å². The molecule has 1 unspecified atom stereocenters. The molecule has 1 aromatic rings. The molecule has 0 aliphatic rings. The molecule has 0 heterocycles. The Morgan fingerprint density at radius 1 is 1.48 bits per heavy atom. The third-order valence-corrected chi connectivity index (χ3v) is 3.76. The number of aliphatic carboxylic acids is 1. The number of urea groups is 1. The topological polar surface area (TPSA) is 69.6 Å². The SMILES string of the molecule is CSCC(C)N(C)C(=O)Nc1cccc(/C=C/C(=O)O)c1. The van der Waals surface area contributed by atoms with Crippen LogP contribution in [-0.4, -0.2) is 47.1 Å². The minimum absolute atomic E-state index is 0.134. The molecule has 0 radical (unpaired) electrons. The second-order valence-corrected chi connectivity index (χ2v) is 5.55. The number of carboxylic acid groups (broad SMARTS) is 1. The molecule has 2 N–H and O–H groups in total. The molecular formula is C15H20N2O3S. The average Bonchev–Trinajstić information content (AvgIpc) is 2.45. The highest BCUT2D eigenvalue weighted by molar-refractivity contribution is 7.98. The van der Waals surface area contributed by atoms with Gasteiger partial charge in [-0.05, 0) is 37.0 Å². The molecule has 0 saturated carbocycles. The highest BCUT2D eigenvalue weighted by Gasteiger charge is 2.15. The Hall–Kier alpha value is -1.95. The third-order valence-electron chi connectivity index (χ3n) is 2.95. The fourth-order valence-corrected chi connectivity index (χ4v) is 2.36. The Morgan fingerprint density at radius 3 is 2.81 bits per heavy atom. The lowest BCUT2D eigenvalue weighted by Crippen LogP contribution is -2.39. The summed E-state index contributed by atoms with van der Waals surface area (Å²) in [5.41, 5.74) is 1.35. The summed E-state index contributed by atoms with van der Waals surface area (Å²) in [7, 11) is 1.75. The Bertz CT molecular complexity index is 531. The van der Waals surface area contributed by atoms with E-state index in [0.29, 0.717) is 5.69 Å². The smallest absolute Gasteiger partial charge is 0.328 e. The molecule has 0 aliphatic heterocycles. The van der Waals surface area contributed by atoms with E-state index in [1.807, 2.05) is 13.2 Å². The number of carbonyl (C=O) groups is 2. The predicted molar refractivity (Wildman–Crippen MR) is 87.7 cm³/mol. The molecular weight excluding hydrogens is 288 g/mol. The van der Waals surface area contributed by atoms with Crippen LogP contribution in [0.5, 0.6) is 0 Å². The van der Waals surface area contributed by atoms with E-state index >= 15 is 0 Å². The van der Waals surface area contributed by atoms with Crippen molar-refractivity contribution >= 4 is 35.5 Å². The number of benzene rings is 1. The first-order valence-electron chi connectivity index (χ1n) is 6.48. The Kier molecular flexibility index (Phi) is 6.81. The Balaban J connectivity index is 2.72. The normalized spacial score (nSPS) is 12.1. The lowest BCUT2D eigenvalue weighted by molar-refractivity contribution is -0.131. The lowest BCUT2D eigenvalue weighted by Gasteiger charge is -2.24. The van der Waals surface area contributed by atoms with Gasteiger partial charge in [0.1, 0.15) is 0 Å². The molecule has 6 heteroatoms. The first-order chi connectivity index (χ1) is 9.93. The van der Waals surface area contributed by atoms with Crippen molar-refractivity contribution < 1.29 is 14.7 Å². The van der Waals surface area contributed by atoms with Gasteiger partial charge in [0.15, 0.2) is 0 Å². The molecule has 1 rings (SSSR count). The zero-order valence-corrected chi connectivity index (χ0v) is 13.2. The number of nitrogens with zero attached hydrogens (tertiary/aromatic N) is 1. The van der Waals surface area contributed by atoms with Crippen molar-refractivity contribution in [1.82, 2.24) is 4.90 Å². The Labute approximate surface area is 129 Å². The van der Waals surface area contributed by atoms with Crippen LogP contribution in [0, 0.1) is 0 Å². The molecule has 21 heavy (non-hydrogen) atoms. The van der Waals surface area contributed by atoms with Gasteiger partial charge in [0.25, 0.3) is 0 Å². The van der Waals surface area contributed by atoms with Gasteiger partial charge in [-0.15, -0.1) is 0 Å². The predicted octanol–water partition coefficient (Wildman–Crippen LogP) is 3.00. The van der Waals surface area contributed by atoms with E-state index in [1.165, 1.54) is 6.08 Å². The van der Waals surface area contributed by atoms with Crippen molar-refractivity contribution in [3.8, 4) is 0 Å². The monoisotopic (exact) mass is 308 g/mol. The van der Waals surface area contributed by atoms with Gasteiger partial charge in [-0.25, -0.2) is 9.59 Å². The van der Waals surface area contributed by atoms with E-state index in [1.54, 1.807) is 48.0 Å². The summed E-state index contributed by atoms with van der Waals surface area (Å²) in [4.78, 5) is 24.2. The summed E-state index contributed by atoms with van der Waals surface area (Å²) in [5.74, 6) is -0.138. The fraction of sp³-hybridized carbons (Fsp3) is 0.333. The van der Waals surface area contributed by atoms with Crippen molar-refractivity contribution in [3.05, 3.63) is 35.9 Å². The van der Waals surface area contributed by atoms with Gasteiger partial charge in [-0.3, -0.25) is 0 Å². The van der Waals surface area contributed by atoms with E-state index in [-0.39, 0.29) is 12.1 Å². The number of carbonyl (C=O) groups excluding carboxylic acids is 1. The van der Waals surface area contributed by atoms with E-state index in [2.05, 4.69) is 5.32 Å². The van der Waals surface area contributed by atoms with Gasteiger partial charge >= 0.3 is 12.0 Å². The van der Waals surface area contributed by atoms with E-state index in [9.17, 15) is 9.59 Å². The maximum absolute atomic E-state index is 12.1. The molecule has 0 fully saturated rings. The van der Waals surface area contributed by atoms with Crippen LogP contribution in [0.1, 0.15) is 12.5 Å². The van der Waals surface area contributed by atoms with Crippen LogP contribution in [-0.2, 0) is 4.79 Å². The van der Waals surface area contributed by atoms with Gasteiger partial charge in [0.05, 0.1) is 0 Å². The quantitative estimate of drug-likeness (QED) is 0.793. The van der Waals surface area contributed by atoms with Crippen molar-refractivity contribution in [2.75, 3.05) is 24.4 Å². The minimum Gasteiger partial charge on any atom is -0.478 e. The number of carboxylic acids is 1. The highest BCUT2D eigenvalue weighted by Crippen LogP contribution is 2.13. The van der Waals surface area contributed by atoms with Gasteiger partial charge in [-0.1, -0.05) is 12.1 Å². The van der Waals surface area contributed by atoms with Crippen LogP contribution >= 0.6 is 11.8 Å². The van der Waals surface area contributed by atoms with Crippen molar-refractivity contribution in [2.45, 2.75) is 13.0 Å². The number of amides is 2. The van der Waals surface area contributed by atoms with Gasteiger partial charge < -0.3 is 15.3 Å². The van der Waals surface area contributed by atoms with Gasteiger partial charge in [-0.2, -0.15) is 11.8 Å². The fourth-order valence-electron chi connectivity index (χ4n) is 1.65. The molecule has 0 aliphatic carbocycles. The molecule has 2 amide bonds. The summed E-state index contributed by atoms with van der Waals surface area (Å²) in [6.45, 7) is 1.99. The van der Waals surface area contributed by atoms with Crippen LogP contribution in [0.3, 0.4) is 0 Å². The molecule has 5 nitrogen and oxygen atoms in total. The van der Waals surface area contributed by atoms with Crippen molar-refractivity contribution in [1.29, 1.82) is 0 Å². The van der Waals surface area contributed by atoms with Crippen molar-refractivity contribution in [2.24, 2.45) is 0 Å². The molecule has 0 bridgehead atoms. The molecule has 1 aromatic carbocycles. The van der Waals surface area contributed by atoms with Crippen LogP contribution in [0.25, 0.3) is 6.08 Å². The van der Waals surface area contributed by atoms with E-state index in [0.717, 1.165) is 17.4 Å². The summed E-state index contributed by atoms with van der Waals surface area (Å²) in [6, 6.07) is 6.98. The third kappa shape index (κ3) is 5.91. The highest BCUT2D eigenvalue weighted by atomic mass is 32.2. The summed E-state index contributed by atoms with van der Waals surface area (Å²) in [6.07, 6.45) is 4.55. The van der Waals surface area contributed by atoms with Crippen LogP contribution in [0.4, 0.5) is 10.5 Å². The maximum Gasteiger partial charge on any atom is 0.328 e. The number of thioether (sulfide) groups is 1. The molecule has 114 valence electrons. The zero-order valence-electron chi connectivity index (χ0n) is 12.4. The molecule has 1 atom stereocenters. The van der Waals surface area contributed by atoms with Gasteiger partial charge in [0.2, 0.25) is 0 Å². The lowest BCUT2D eigenvalue weighted by atomic mass is 10.2. The van der Waals surface area contributed by atoms with Crippen LogP contribution in [0.2, 0.25) is 0 Å². The second-order valence-electron chi connectivity index (χ2n) is 4.64. The first-order valence-corrected chi connectivity index (χ1v) is 7.87. The summed E-state index contributed by atoms with van der Waals surface area (Å²) in [5, 5.41) is 11.4. The first kappa shape index (κ1) is 17.1. The summed E-state index contributed by atoms with van der Waals surface area (Å²) < 4.78 is 0. The average molecular weight is 308 g/mol. The van der Waals surface area contributed by atoms with E-state index in [4.69, 9.17) is 5.11 Å². The van der Waals surface area contributed by atoms with E-state index < -0.39 is 5.97 Å². The maximum atomic E-state index is 12.1. The van der Waals surface area contributed by atoms with Crippen molar-refractivity contribution in [3.63, 3.8) is 0 Å². The second kappa shape index (κ2) is 8.36. The zero-order chi connectivity index (χ0) is 15.8. The van der Waals surface area contributed by atoms with Crippen LogP contribution in [0.15, 0.2) is 30.3 Å². The molecule has 0 aromatic heterocycles. The molecule has 0 saturated heterocycles. The standard InChI is InChI=1S/C15H20N2O3S/c1-11(10-21-3)17(2)15(20)16-13-6-4-5-12(9-13)7-8-14(18)19/h4-9,11H,10H2,1-3H3,(H,16,20)(H,18,19)/b8-7+. The molecule has 0 spiro atoms. The number of rotatable bonds is 6. The minimum atomic E-state index is -1.00. The largest absolute Gasteiger partial charge is 0.478 e.